The Hall–Kier alpha value is -4.76. The first-order valence-electron chi connectivity index (χ1n) is 24.0. The van der Waals surface area contributed by atoms with Crippen LogP contribution < -0.4 is 0 Å². The average molecular weight is 893 g/mol. The van der Waals surface area contributed by atoms with Crippen LogP contribution in [0.3, 0.4) is 0 Å². The fourth-order valence-corrected chi connectivity index (χ4v) is 10.0. The van der Waals surface area contributed by atoms with E-state index in [0.717, 1.165) is 95.9 Å². The third-order valence-corrected chi connectivity index (χ3v) is 14.2. The summed E-state index contributed by atoms with van der Waals surface area (Å²) in [6, 6.07) is 33.7. The van der Waals surface area contributed by atoms with Crippen molar-refractivity contribution in [1.82, 2.24) is 0 Å². The Morgan fingerprint density at radius 3 is 0.682 bits per heavy atom. The van der Waals surface area contributed by atoms with E-state index in [1.54, 1.807) is 0 Å². The van der Waals surface area contributed by atoms with Gasteiger partial charge in [-0.2, -0.15) is 0 Å². The lowest BCUT2D eigenvalue weighted by molar-refractivity contribution is -0.307. The summed E-state index contributed by atoms with van der Waals surface area (Å²) in [5.74, 6) is 0. The lowest BCUT2D eigenvalue weighted by atomic mass is 9.90. The molecule has 0 radical (unpaired) electrons. The topological polar surface area (TPSA) is 123 Å². The van der Waals surface area contributed by atoms with Gasteiger partial charge in [0, 0.05) is 47.1 Å². The average Bonchev–Trinajstić information content (AvgIpc) is 3.38. The molecule has 17 heterocycles. The van der Waals surface area contributed by atoms with Crippen molar-refractivity contribution in [3.63, 3.8) is 0 Å². The van der Waals surface area contributed by atoms with Crippen LogP contribution in [-0.2, 0) is 37.9 Å². The smallest absolute Gasteiger partial charge is 0.183 e. The van der Waals surface area contributed by atoms with Crippen LogP contribution in [0.25, 0.3) is 0 Å². The first-order chi connectivity index (χ1) is 32.5. The lowest BCUT2D eigenvalue weighted by Gasteiger charge is -2.43. The number of nitrogens with zero attached hydrogens (tertiary/aromatic N) is 4. The van der Waals surface area contributed by atoms with Gasteiger partial charge < -0.3 is 37.9 Å². The molecule has 0 unspecified atom stereocenters. The number of hydrogen-bond acceptors (Lipinski definition) is 12. The first kappa shape index (κ1) is 43.8. The molecule has 17 aliphatic heterocycles. The predicted octanol–water partition coefficient (Wildman–Crippen LogP) is 9.25. The van der Waals surface area contributed by atoms with Crippen LogP contribution in [0.2, 0.25) is 0 Å². The summed E-state index contributed by atoms with van der Waals surface area (Å²) in [5.41, 5.74) is 7.37. The van der Waals surface area contributed by atoms with Gasteiger partial charge in [0.2, 0.25) is 0 Å². The van der Waals surface area contributed by atoms with Crippen molar-refractivity contribution in [2.45, 2.75) is 101 Å². The van der Waals surface area contributed by atoms with E-state index in [1.165, 1.54) is 0 Å². The molecule has 4 atom stereocenters. The standard InChI is InChI=1S/C54H60N4O8/c1-2-6-46-45(5-1)55-25-37-9-17-41(18-10-37)49-59-29-53(30-60-49)33-63-51(64-34-53)43-21-13-39(14-22-43)27-57-47-7-3-4-8-48(47)58-28-40-15-23-44(24-16-40)52-65-35-54(36-66-52)31-61-50(62-32-54)42-19-11-38(12-20-42)26-56-46/h9-28,45-52H,1-8,29-36H2/t45-,46-,47-,48-,49?,50?,51?,52?,53?,54?/m1/s1. The zero-order chi connectivity index (χ0) is 44.2. The van der Waals surface area contributed by atoms with Crippen molar-refractivity contribution in [3.8, 4) is 0 Å². The Balaban J connectivity index is 0.782. The Morgan fingerprint density at radius 1 is 0.288 bits per heavy atom. The number of rotatable bonds is 0. The van der Waals surface area contributed by atoms with Crippen LogP contribution in [-0.4, -0.2) is 102 Å². The molecule has 6 fully saturated rings. The highest BCUT2D eigenvalue weighted by molar-refractivity contribution is 5.82. The molecule has 0 N–H and O–H groups in total. The van der Waals surface area contributed by atoms with Crippen molar-refractivity contribution in [3.05, 3.63) is 142 Å². The number of benzene rings is 4. The highest BCUT2D eigenvalue weighted by atomic mass is 16.7. The maximum absolute atomic E-state index is 6.29. The molecule has 12 heteroatoms. The van der Waals surface area contributed by atoms with E-state index in [4.69, 9.17) is 57.9 Å². The van der Waals surface area contributed by atoms with Gasteiger partial charge in [0.05, 0.1) is 87.9 Å². The van der Waals surface area contributed by atoms with Crippen molar-refractivity contribution in [1.29, 1.82) is 0 Å². The summed E-state index contributed by atoms with van der Waals surface area (Å²) < 4.78 is 50.4. The zero-order valence-corrected chi connectivity index (χ0v) is 37.5. The molecular formula is C54H60N4O8. The van der Waals surface area contributed by atoms with Gasteiger partial charge in [-0.15, -0.1) is 0 Å². The molecule has 0 amide bonds. The van der Waals surface area contributed by atoms with Crippen LogP contribution in [0.4, 0.5) is 0 Å². The summed E-state index contributed by atoms with van der Waals surface area (Å²) in [6.07, 6.45) is 14.9. The molecule has 14 bridgehead atoms. The summed E-state index contributed by atoms with van der Waals surface area (Å²) in [7, 11) is 0. The minimum absolute atomic E-state index is 0.136. The number of hydrogen-bond donors (Lipinski definition) is 0. The molecule has 66 heavy (non-hydrogen) atoms. The van der Waals surface area contributed by atoms with Gasteiger partial charge in [-0.25, -0.2) is 0 Å². The van der Waals surface area contributed by atoms with Crippen LogP contribution in [0.5, 0.6) is 0 Å². The van der Waals surface area contributed by atoms with E-state index in [9.17, 15) is 0 Å². The second-order valence-corrected chi connectivity index (χ2v) is 19.4. The van der Waals surface area contributed by atoms with Crippen molar-refractivity contribution >= 4 is 24.9 Å². The Bertz CT molecular complexity index is 2000. The van der Waals surface area contributed by atoms with Crippen LogP contribution >= 0.6 is 0 Å². The Morgan fingerprint density at radius 2 is 0.485 bits per heavy atom. The molecule has 2 spiro atoms. The minimum atomic E-state index is -0.443. The molecule has 2 aliphatic carbocycles. The fourth-order valence-electron chi connectivity index (χ4n) is 10.0. The zero-order valence-electron chi connectivity index (χ0n) is 37.5. The summed E-state index contributed by atoms with van der Waals surface area (Å²) in [6.45, 7) is 3.92. The highest BCUT2D eigenvalue weighted by Gasteiger charge is 2.44. The van der Waals surface area contributed by atoms with Gasteiger partial charge in [-0.3, -0.25) is 20.0 Å². The van der Waals surface area contributed by atoms with Crippen LogP contribution in [0.1, 0.15) is 121 Å². The number of ether oxygens (including phenoxy) is 8. The van der Waals surface area contributed by atoms with Gasteiger partial charge in [0.1, 0.15) is 0 Å². The van der Waals surface area contributed by atoms with Gasteiger partial charge >= 0.3 is 0 Å². The third-order valence-electron chi connectivity index (χ3n) is 14.2. The third kappa shape index (κ3) is 10.1. The van der Waals surface area contributed by atoms with E-state index >= 15 is 0 Å². The molecule has 0 aromatic heterocycles. The second-order valence-electron chi connectivity index (χ2n) is 19.4. The normalized spacial score (nSPS) is 33.7. The Kier molecular flexibility index (Phi) is 13.2. The van der Waals surface area contributed by atoms with E-state index in [0.29, 0.717) is 52.9 Å². The summed E-state index contributed by atoms with van der Waals surface area (Å²) in [4.78, 5) is 20.2. The van der Waals surface area contributed by atoms with Gasteiger partial charge in [-0.1, -0.05) is 123 Å². The SMILES string of the molecule is C1=N[C@@H]2CCCC[C@H]2N=Cc2ccc(cc2)C2OCC3(CO2)COC(OC3)c2ccc(cc2)C=N[C@@H]2CCCC[C@H]2N=Cc2ccc(cc2)C2OCC3(COC(OC3)c3ccc1cc3)CO2. The van der Waals surface area contributed by atoms with Gasteiger partial charge in [0.25, 0.3) is 0 Å². The maximum atomic E-state index is 6.29. The number of aliphatic imine (C=N–C) groups is 4. The molecule has 344 valence electrons. The highest BCUT2D eigenvalue weighted by Crippen LogP contribution is 2.40. The summed E-state index contributed by atoms with van der Waals surface area (Å²) in [5, 5.41) is 0. The first-order valence-corrected chi connectivity index (χ1v) is 24.0. The van der Waals surface area contributed by atoms with Crippen LogP contribution in [0, 0.1) is 10.8 Å². The van der Waals surface area contributed by atoms with E-state index < -0.39 is 25.2 Å². The van der Waals surface area contributed by atoms with Crippen molar-refractivity contribution in [2.75, 3.05) is 52.9 Å². The molecule has 4 aromatic carbocycles. The molecule has 2 saturated carbocycles. The van der Waals surface area contributed by atoms with Gasteiger partial charge in [-0.05, 0) is 47.9 Å². The summed E-state index contributed by atoms with van der Waals surface area (Å²) >= 11 is 0. The molecular weight excluding hydrogens is 833 g/mol. The monoisotopic (exact) mass is 892 g/mol. The molecule has 19 aliphatic rings. The predicted molar refractivity (Wildman–Crippen MR) is 252 cm³/mol. The van der Waals surface area contributed by atoms with E-state index in [-0.39, 0.29) is 35.0 Å². The van der Waals surface area contributed by atoms with E-state index in [2.05, 4.69) is 97.1 Å². The van der Waals surface area contributed by atoms with Crippen molar-refractivity contribution in [2.24, 2.45) is 30.8 Å². The van der Waals surface area contributed by atoms with Crippen LogP contribution in [0.15, 0.2) is 117 Å². The van der Waals surface area contributed by atoms with Crippen molar-refractivity contribution < 1.29 is 37.9 Å². The van der Waals surface area contributed by atoms with Gasteiger partial charge in [0.15, 0.2) is 25.2 Å². The minimum Gasteiger partial charge on any atom is -0.348 e. The molecule has 4 aromatic rings. The molecule has 23 rings (SSSR count). The Labute approximate surface area is 387 Å². The molecule has 12 nitrogen and oxygen atoms in total. The quantitative estimate of drug-likeness (QED) is 0.171. The largest absolute Gasteiger partial charge is 0.348 e. The second kappa shape index (κ2) is 19.8. The lowest BCUT2D eigenvalue weighted by Crippen LogP contribution is -2.49. The fraction of sp³-hybridized carbons (Fsp3) is 0.481. The maximum Gasteiger partial charge on any atom is 0.183 e. The van der Waals surface area contributed by atoms with E-state index in [1.807, 2.05) is 24.9 Å². The molecule has 4 saturated heterocycles.